The summed E-state index contributed by atoms with van der Waals surface area (Å²) in [6.45, 7) is 9.30. The van der Waals surface area contributed by atoms with E-state index in [2.05, 4.69) is 32.7 Å². The van der Waals surface area contributed by atoms with Crippen LogP contribution in [0.15, 0.2) is 12.1 Å². The fourth-order valence-electron chi connectivity index (χ4n) is 1.99. The lowest BCUT2D eigenvalue weighted by atomic mass is 9.91. The van der Waals surface area contributed by atoms with E-state index in [4.69, 9.17) is 4.74 Å². The van der Waals surface area contributed by atoms with Crippen molar-refractivity contribution in [3.8, 4) is 5.88 Å². The van der Waals surface area contributed by atoms with Crippen molar-refractivity contribution in [1.82, 2.24) is 4.98 Å². The summed E-state index contributed by atoms with van der Waals surface area (Å²) in [4.78, 5) is 4.55. The molecule has 1 N–H and O–H groups in total. The van der Waals surface area contributed by atoms with E-state index in [1.54, 1.807) is 0 Å². The number of ether oxygens (including phenoxy) is 1. The number of rotatable bonds is 8. The van der Waals surface area contributed by atoms with Gasteiger partial charge in [0.05, 0.1) is 18.9 Å². The normalized spacial score (nSPS) is 11.7. The molecule has 0 amide bonds. The van der Waals surface area contributed by atoms with Gasteiger partial charge in [0, 0.05) is 11.5 Å². The molecular formula is C17H29NO2. The molecule has 3 nitrogen and oxygen atoms in total. The number of unbranched alkanes of at least 4 members (excludes halogenated alkanes) is 4. The molecular weight excluding hydrogens is 250 g/mol. The van der Waals surface area contributed by atoms with Crippen molar-refractivity contribution < 1.29 is 9.84 Å². The minimum absolute atomic E-state index is 0.0262. The first-order valence-corrected chi connectivity index (χ1v) is 7.72. The molecule has 0 radical (unpaired) electrons. The van der Waals surface area contributed by atoms with E-state index < -0.39 is 0 Å². The zero-order chi connectivity index (χ0) is 15.0. The average molecular weight is 279 g/mol. The zero-order valence-corrected chi connectivity index (χ0v) is 13.4. The standard InChI is InChI=1S/C17H29NO2/c1-5-6-7-8-9-10-20-16-12-14(13-19)11-15(18-16)17(2,3)4/h11-12,19H,5-10,13H2,1-4H3. The van der Waals surface area contributed by atoms with E-state index in [1.807, 2.05) is 12.1 Å². The van der Waals surface area contributed by atoms with Crippen LogP contribution >= 0.6 is 0 Å². The quantitative estimate of drug-likeness (QED) is 0.724. The second-order valence-electron chi connectivity index (χ2n) is 6.37. The second kappa shape index (κ2) is 8.25. The number of hydrogen-bond acceptors (Lipinski definition) is 3. The Hall–Kier alpha value is -1.09. The maximum Gasteiger partial charge on any atom is 0.213 e. The van der Waals surface area contributed by atoms with Crippen LogP contribution in [0.2, 0.25) is 0 Å². The first-order valence-electron chi connectivity index (χ1n) is 7.72. The van der Waals surface area contributed by atoms with Crippen molar-refractivity contribution in [2.45, 2.75) is 71.8 Å². The third-order valence-corrected chi connectivity index (χ3v) is 3.31. The molecule has 3 heteroatoms. The van der Waals surface area contributed by atoms with Gasteiger partial charge in [-0.25, -0.2) is 4.98 Å². The number of nitrogens with zero attached hydrogens (tertiary/aromatic N) is 1. The lowest BCUT2D eigenvalue weighted by Crippen LogP contribution is -2.15. The number of aliphatic hydroxyl groups is 1. The summed E-state index contributed by atoms with van der Waals surface area (Å²) in [7, 11) is 0. The van der Waals surface area contributed by atoms with E-state index in [1.165, 1.54) is 25.7 Å². The summed E-state index contributed by atoms with van der Waals surface area (Å²) in [5, 5.41) is 9.34. The summed E-state index contributed by atoms with van der Waals surface area (Å²) in [5.41, 5.74) is 1.79. The summed E-state index contributed by atoms with van der Waals surface area (Å²) in [6, 6.07) is 3.79. The van der Waals surface area contributed by atoms with Crippen molar-refractivity contribution in [3.05, 3.63) is 23.4 Å². The number of aliphatic hydroxyl groups excluding tert-OH is 1. The first kappa shape index (κ1) is 17.0. The zero-order valence-electron chi connectivity index (χ0n) is 13.4. The van der Waals surface area contributed by atoms with Crippen LogP contribution in [0.25, 0.3) is 0 Å². The third-order valence-electron chi connectivity index (χ3n) is 3.31. The third kappa shape index (κ3) is 5.91. The van der Waals surface area contributed by atoms with Crippen molar-refractivity contribution >= 4 is 0 Å². The van der Waals surface area contributed by atoms with E-state index in [-0.39, 0.29) is 12.0 Å². The van der Waals surface area contributed by atoms with Crippen LogP contribution in [0.4, 0.5) is 0 Å². The van der Waals surface area contributed by atoms with Crippen LogP contribution in [0, 0.1) is 0 Å². The lowest BCUT2D eigenvalue weighted by Gasteiger charge is -2.19. The fourth-order valence-corrected chi connectivity index (χ4v) is 1.99. The van der Waals surface area contributed by atoms with E-state index in [0.29, 0.717) is 12.5 Å². The Morgan fingerprint density at radius 2 is 1.80 bits per heavy atom. The number of pyridine rings is 1. The van der Waals surface area contributed by atoms with Gasteiger partial charge < -0.3 is 9.84 Å². The van der Waals surface area contributed by atoms with Crippen molar-refractivity contribution in [1.29, 1.82) is 0 Å². The summed E-state index contributed by atoms with van der Waals surface area (Å²) in [6.07, 6.45) is 6.11. The van der Waals surface area contributed by atoms with Gasteiger partial charge >= 0.3 is 0 Å². The highest BCUT2D eigenvalue weighted by atomic mass is 16.5. The van der Waals surface area contributed by atoms with Gasteiger partial charge in [0.1, 0.15) is 0 Å². The summed E-state index contributed by atoms with van der Waals surface area (Å²) < 4.78 is 5.74. The molecule has 0 saturated heterocycles. The van der Waals surface area contributed by atoms with Crippen LogP contribution in [0.3, 0.4) is 0 Å². The Morgan fingerprint density at radius 1 is 1.10 bits per heavy atom. The molecule has 114 valence electrons. The minimum atomic E-state index is -0.0373. The molecule has 0 bridgehead atoms. The molecule has 1 heterocycles. The van der Waals surface area contributed by atoms with Gasteiger partial charge in [-0.1, -0.05) is 53.4 Å². The minimum Gasteiger partial charge on any atom is -0.478 e. The SMILES string of the molecule is CCCCCCCOc1cc(CO)cc(C(C)(C)C)n1. The van der Waals surface area contributed by atoms with Gasteiger partial charge in [-0.2, -0.15) is 0 Å². The van der Waals surface area contributed by atoms with Gasteiger partial charge in [0.15, 0.2) is 0 Å². The highest BCUT2D eigenvalue weighted by Crippen LogP contribution is 2.24. The largest absolute Gasteiger partial charge is 0.478 e. The molecule has 1 aromatic heterocycles. The van der Waals surface area contributed by atoms with Gasteiger partial charge in [0.25, 0.3) is 0 Å². The molecule has 1 aromatic rings. The molecule has 0 aromatic carbocycles. The van der Waals surface area contributed by atoms with Gasteiger partial charge in [-0.05, 0) is 18.1 Å². The van der Waals surface area contributed by atoms with Gasteiger partial charge in [-0.3, -0.25) is 0 Å². The van der Waals surface area contributed by atoms with Crippen LogP contribution in [-0.2, 0) is 12.0 Å². The molecule has 0 aliphatic rings. The van der Waals surface area contributed by atoms with Crippen LogP contribution in [0.5, 0.6) is 5.88 Å². The molecule has 0 saturated carbocycles. The molecule has 20 heavy (non-hydrogen) atoms. The first-order chi connectivity index (χ1) is 9.47. The Labute approximate surface area is 123 Å². The topological polar surface area (TPSA) is 42.4 Å². The predicted molar refractivity (Wildman–Crippen MR) is 83.1 cm³/mol. The highest BCUT2D eigenvalue weighted by molar-refractivity contribution is 5.28. The monoisotopic (exact) mass is 279 g/mol. The maximum atomic E-state index is 9.34. The van der Waals surface area contributed by atoms with E-state index >= 15 is 0 Å². The van der Waals surface area contributed by atoms with Crippen LogP contribution in [-0.4, -0.2) is 16.7 Å². The number of aromatic nitrogens is 1. The van der Waals surface area contributed by atoms with Crippen molar-refractivity contribution in [2.75, 3.05) is 6.61 Å². The van der Waals surface area contributed by atoms with Crippen LogP contribution in [0.1, 0.15) is 71.1 Å². The molecule has 0 unspecified atom stereocenters. The predicted octanol–water partition coefficient (Wildman–Crippen LogP) is 4.22. The average Bonchev–Trinajstić information content (AvgIpc) is 2.41. The molecule has 1 rings (SSSR count). The molecule has 0 aliphatic heterocycles. The molecule has 0 fully saturated rings. The Bertz CT molecular complexity index is 396. The van der Waals surface area contributed by atoms with Gasteiger partial charge in [-0.15, -0.1) is 0 Å². The highest BCUT2D eigenvalue weighted by Gasteiger charge is 2.17. The molecule has 0 atom stereocenters. The molecule has 0 spiro atoms. The van der Waals surface area contributed by atoms with Crippen molar-refractivity contribution in [2.24, 2.45) is 0 Å². The van der Waals surface area contributed by atoms with E-state index in [0.717, 1.165) is 17.7 Å². The Morgan fingerprint density at radius 3 is 2.40 bits per heavy atom. The van der Waals surface area contributed by atoms with Crippen LogP contribution < -0.4 is 4.74 Å². The second-order valence-corrected chi connectivity index (χ2v) is 6.37. The summed E-state index contributed by atoms with van der Waals surface area (Å²) in [5.74, 6) is 0.636. The van der Waals surface area contributed by atoms with Gasteiger partial charge in [0.2, 0.25) is 5.88 Å². The fraction of sp³-hybridized carbons (Fsp3) is 0.706. The lowest BCUT2D eigenvalue weighted by molar-refractivity contribution is 0.273. The molecule has 0 aliphatic carbocycles. The Kier molecular flexibility index (Phi) is 7.00. The number of hydrogen-bond donors (Lipinski definition) is 1. The summed E-state index contributed by atoms with van der Waals surface area (Å²) >= 11 is 0. The Balaban J connectivity index is 2.56. The smallest absolute Gasteiger partial charge is 0.213 e. The van der Waals surface area contributed by atoms with Crippen molar-refractivity contribution in [3.63, 3.8) is 0 Å². The maximum absolute atomic E-state index is 9.34. The van der Waals surface area contributed by atoms with E-state index in [9.17, 15) is 5.11 Å².